The van der Waals surface area contributed by atoms with E-state index in [0.29, 0.717) is 19.4 Å². The van der Waals surface area contributed by atoms with E-state index < -0.39 is 17.7 Å². The molecule has 32 heavy (non-hydrogen) atoms. The molecule has 0 aromatic heterocycles. The number of unbranched alkanes of at least 4 members (excludes halogenated alkanes) is 1. The Morgan fingerprint density at radius 3 is 2.44 bits per heavy atom. The van der Waals surface area contributed by atoms with Gasteiger partial charge < -0.3 is 15.3 Å². The smallest absolute Gasteiger partial charge is 0.248 e. The first-order valence-corrected chi connectivity index (χ1v) is 12.6. The van der Waals surface area contributed by atoms with Gasteiger partial charge in [-0.1, -0.05) is 62.9 Å². The van der Waals surface area contributed by atoms with Gasteiger partial charge in [-0.2, -0.15) is 0 Å². The molecule has 2 aliphatic heterocycles. The van der Waals surface area contributed by atoms with Crippen LogP contribution in [0.5, 0.6) is 0 Å². The number of rotatable bonds is 7. The van der Waals surface area contributed by atoms with E-state index in [9.17, 15) is 14.7 Å². The molecule has 1 aromatic carbocycles. The summed E-state index contributed by atoms with van der Waals surface area (Å²) in [5, 5.41) is 14.0. The number of hydrogen-bond donors (Lipinski definition) is 2. The van der Waals surface area contributed by atoms with Crippen molar-refractivity contribution in [2.45, 2.75) is 88.9 Å². The average Bonchev–Trinajstić information content (AvgIpc) is 2.83. The van der Waals surface area contributed by atoms with E-state index in [-0.39, 0.29) is 17.7 Å². The molecular weight excluding hydrogens is 402 g/mol. The Kier molecular flexibility index (Phi) is 7.51. The number of amides is 2. The highest BCUT2D eigenvalue weighted by Crippen LogP contribution is 2.36. The van der Waals surface area contributed by atoms with Crippen molar-refractivity contribution in [2.75, 3.05) is 19.6 Å². The molecule has 0 unspecified atom stereocenters. The lowest BCUT2D eigenvalue weighted by molar-refractivity contribution is -0.166. The fourth-order valence-corrected chi connectivity index (χ4v) is 5.88. The number of carbonyl (C=O) groups is 2. The highest BCUT2D eigenvalue weighted by molar-refractivity contribution is 6.00. The SMILES string of the molecule is CCCCN1C(=O)[C@@H]([C@@H](O)C2CCCCC2)NC(=O)C12CCN(Cc1ccccc1)CC2. The third kappa shape index (κ3) is 4.72. The summed E-state index contributed by atoms with van der Waals surface area (Å²) in [6, 6.07) is 9.60. The average molecular weight is 442 g/mol. The van der Waals surface area contributed by atoms with Crippen molar-refractivity contribution < 1.29 is 14.7 Å². The Bertz CT molecular complexity index is 770. The van der Waals surface area contributed by atoms with Gasteiger partial charge in [0, 0.05) is 26.2 Å². The molecule has 2 saturated heterocycles. The maximum atomic E-state index is 13.6. The van der Waals surface area contributed by atoms with Crippen molar-refractivity contribution in [1.82, 2.24) is 15.1 Å². The van der Waals surface area contributed by atoms with E-state index in [1.54, 1.807) is 0 Å². The summed E-state index contributed by atoms with van der Waals surface area (Å²) in [6.07, 6.45) is 7.61. The van der Waals surface area contributed by atoms with Crippen LogP contribution in [-0.4, -0.2) is 64.0 Å². The molecule has 6 heteroatoms. The maximum Gasteiger partial charge on any atom is 0.248 e. The molecule has 3 fully saturated rings. The first-order valence-electron chi connectivity index (χ1n) is 12.6. The number of hydrogen-bond acceptors (Lipinski definition) is 4. The number of nitrogens with zero attached hydrogens (tertiary/aromatic N) is 2. The second-order valence-electron chi connectivity index (χ2n) is 9.98. The van der Waals surface area contributed by atoms with Crippen LogP contribution in [0.3, 0.4) is 0 Å². The molecule has 2 heterocycles. The third-order valence-electron chi connectivity index (χ3n) is 7.90. The standard InChI is InChI=1S/C26H39N3O3/c1-2-3-16-29-24(31)22(23(30)21-12-8-5-9-13-21)27-25(32)26(29)14-17-28(18-15-26)19-20-10-6-4-7-11-20/h4,6-7,10-11,21-23,30H,2-3,5,8-9,12-19H2,1H3,(H,27,32)/t22-,23+/m1/s1. The number of benzene rings is 1. The maximum absolute atomic E-state index is 13.6. The van der Waals surface area contributed by atoms with Gasteiger partial charge in [0.15, 0.2) is 0 Å². The van der Waals surface area contributed by atoms with Crippen LogP contribution in [0.2, 0.25) is 0 Å². The van der Waals surface area contributed by atoms with Crippen molar-refractivity contribution in [3.63, 3.8) is 0 Å². The van der Waals surface area contributed by atoms with Gasteiger partial charge in [0.05, 0.1) is 6.10 Å². The van der Waals surface area contributed by atoms with Gasteiger partial charge >= 0.3 is 0 Å². The Morgan fingerprint density at radius 2 is 1.78 bits per heavy atom. The predicted molar refractivity (Wildman–Crippen MR) is 125 cm³/mol. The second-order valence-corrected chi connectivity index (χ2v) is 9.98. The molecule has 6 nitrogen and oxygen atoms in total. The molecular formula is C26H39N3O3. The topological polar surface area (TPSA) is 72.9 Å². The zero-order valence-corrected chi connectivity index (χ0v) is 19.5. The molecule has 2 atom stereocenters. The van der Waals surface area contributed by atoms with Crippen molar-refractivity contribution in [3.05, 3.63) is 35.9 Å². The summed E-state index contributed by atoms with van der Waals surface area (Å²) in [5.41, 5.74) is 0.494. The lowest BCUT2D eigenvalue weighted by Crippen LogP contribution is -2.75. The van der Waals surface area contributed by atoms with Crippen molar-refractivity contribution >= 4 is 11.8 Å². The number of piperidine rings is 1. The Morgan fingerprint density at radius 1 is 1.09 bits per heavy atom. The van der Waals surface area contributed by atoms with Gasteiger partial charge in [0.25, 0.3) is 0 Å². The van der Waals surface area contributed by atoms with Crippen molar-refractivity contribution in [3.8, 4) is 0 Å². The van der Waals surface area contributed by atoms with Gasteiger partial charge in [0.1, 0.15) is 11.6 Å². The minimum atomic E-state index is -0.796. The Hall–Kier alpha value is -1.92. The zero-order valence-electron chi connectivity index (χ0n) is 19.5. The minimum Gasteiger partial charge on any atom is -0.390 e. The highest BCUT2D eigenvalue weighted by Gasteiger charge is 2.55. The van der Waals surface area contributed by atoms with E-state index in [1.807, 2.05) is 11.0 Å². The van der Waals surface area contributed by atoms with Crippen LogP contribution in [0.1, 0.15) is 70.3 Å². The summed E-state index contributed by atoms with van der Waals surface area (Å²) >= 11 is 0. The second kappa shape index (κ2) is 10.3. The molecule has 1 spiro atoms. The molecule has 1 aromatic rings. The predicted octanol–water partition coefficient (Wildman–Crippen LogP) is 3.09. The summed E-state index contributed by atoms with van der Waals surface area (Å²) in [4.78, 5) is 31.4. The van der Waals surface area contributed by atoms with E-state index in [2.05, 4.69) is 41.4 Å². The lowest BCUT2D eigenvalue weighted by atomic mass is 9.78. The van der Waals surface area contributed by atoms with Gasteiger partial charge in [-0.25, -0.2) is 0 Å². The lowest BCUT2D eigenvalue weighted by Gasteiger charge is -2.52. The Labute approximate surface area is 192 Å². The number of nitrogens with one attached hydrogen (secondary N) is 1. The van der Waals surface area contributed by atoms with E-state index in [4.69, 9.17) is 0 Å². The monoisotopic (exact) mass is 441 g/mol. The molecule has 0 radical (unpaired) electrons. The van der Waals surface area contributed by atoms with Crippen molar-refractivity contribution in [2.24, 2.45) is 5.92 Å². The molecule has 2 amide bonds. The molecule has 1 aliphatic carbocycles. The molecule has 4 rings (SSSR count). The molecule has 1 saturated carbocycles. The van der Waals surface area contributed by atoms with Crippen LogP contribution in [0, 0.1) is 5.92 Å². The summed E-state index contributed by atoms with van der Waals surface area (Å²) in [6.45, 7) is 5.14. The molecule has 2 N–H and O–H groups in total. The van der Waals surface area contributed by atoms with Crippen LogP contribution < -0.4 is 5.32 Å². The molecule has 176 valence electrons. The summed E-state index contributed by atoms with van der Waals surface area (Å²) < 4.78 is 0. The van der Waals surface area contributed by atoms with E-state index in [1.165, 1.54) is 12.0 Å². The third-order valence-corrected chi connectivity index (χ3v) is 7.90. The van der Waals surface area contributed by atoms with Gasteiger partial charge in [-0.3, -0.25) is 14.5 Å². The number of piperazine rings is 1. The minimum absolute atomic E-state index is 0.0626. The quantitative estimate of drug-likeness (QED) is 0.682. The molecule has 0 bridgehead atoms. The van der Waals surface area contributed by atoms with E-state index in [0.717, 1.165) is 58.2 Å². The highest BCUT2D eigenvalue weighted by atomic mass is 16.3. The first-order chi connectivity index (χ1) is 15.5. The fraction of sp³-hybridized carbons (Fsp3) is 0.692. The van der Waals surface area contributed by atoms with Crippen LogP contribution >= 0.6 is 0 Å². The van der Waals surface area contributed by atoms with Crippen LogP contribution in [0.4, 0.5) is 0 Å². The van der Waals surface area contributed by atoms with Crippen LogP contribution in [0.25, 0.3) is 0 Å². The number of likely N-dealkylation sites (tertiary alicyclic amines) is 1. The number of aliphatic hydroxyl groups is 1. The summed E-state index contributed by atoms with van der Waals surface area (Å²) in [5.74, 6) is -0.0344. The van der Waals surface area contributed by atoms with E-state index >= 15 is 0 Å². The first kappa shape index (κ1) is 23.2. The van der Waals surface area contributed by atoms with Crippen molar-refractivity contribution in [1.29, 1.82) is 0 Å². The van der Waals surface area contributed by atoms with Gasteiger partial charge in [0.2, 0.25) is 11.8 Å². The normalized spacial score (nSPS) is 25.7. The molecule has 3 aliphatic rings. The van der Waals surface area contributed by atoms with Gasteiger partial charge in [-0.15, -0.1) is 0 Å². The van der Waals surface area contributed by atoms with Gasteiger partial charge in [-0.05, 0) is 43.6 Å². The fourth-order valence-electron chi connectivity index (χ4n) is 5.88. The van der Waals surface area contributed by atoms with Crippen LogP contribution in [0.15, 0.2) is 30.3 Å². The number of aliphatic hydroxyl groups excluding tert-OH is 1. The number of carbonyl (C=O) groups excluding carboxylic acids is 2. The summed E-state index contributed by atoms with van der Waals surface area (Å²) in [7, 11) is 0. The Balaban J connectivity index is 1.48. The zero-order chi connectivity index (χ0) is 22.6. The largest absolute Gasteiger partial charge is 0.390 e. The van der Waals surface area contributed by atoms with Crippen LogP contribution in [-0.2, 0) is 16.1 Å².